The van der Waals surface area contributed by atoms with E-state index in [-0.39, 0.29) is 5.91 Å². The van der Waals surface area contributed by atoms with Crippen molar-refractivity contribution in [2.75, 3.05) is 20.3 Å². The van der Waals surface area contributed by atoms with Crippen LogP contribution in [0.1, 0.15) is 21.5 Å². The van der Waals surface area contributed by atoms with Gasteiger partial charge in [-0.15, -0.1) is 11.8 Å². The molecule has 29 heavy (non-hydrogen) atoms. The van der Waals surface area contributed by atoms with E-state index in [9.17, 15) is 4.79 Å². The first kappa shape index (κ1) is 20.8. The quantitative estimate of drug-likeness (QED) is 0.406. The van der Waals surface area contributed by atoms with Gasteiger partial charge in [-0.05, 0) is 41.5 Å². The van der Waals surface area contributed by atoms with Crippen molar-refractivity contribution in [3.05, 3.63) is 83.8 Å². The van der Waals surface area contributed by atoms with E-state index in [1.807, 2.05) is 42.6 Å². The minimum absolute atomic E-state index is 0.116. The molecule has 0 radical (unpaired) electrons. The second-order valence-electron chi connectivity index (χ2n) is 6.20. The van der Waals surface area contributed by atoms with Gasteiger partial charge in [-0.25, -0.2) is 4.98 Å². The van der Waals surface area contributed by atoms with Gasteiger partial charge in [-0.1, -0.05) is 12.1 Å². The molecule has 2 heterocycles. The van der Waals surface area contributed by atoms with Crippen molar-refractivity contribution in [1.82, 2.24) is 15.3 Å². The number of carbonyl (C=O) groups excluding carboxylic acids is 1. The number of pyridine rings is 2. The number of hydrogen-bond donors (Lipinski definition) is 1. The Morgan fingerprint density at radius 1 is 1.03 bits per heavy atom. The van der Waals surface area contributed by atoms with Crippen molar-refractivity contribution in [3.8, 4) is 5.88 Å². The van der Waals surface area contributed by atoms with Gasteiger partial charge in [-0.3, -0.25) is 9.78 Å². The summed E-state index contributed by atoms with van der Waals surface area (Å²) in [6.07, 6.45) is 5.32. The fourth-order valence-corrected chi connectivity index (χ4v) is 3.30. The first-order chi connectivity index (χ1) is 14.2. The molecule has 1 N–H and O–H groups in total. The van der Waals surface area contributed by atoms with E-state index in [1.54, 1.807) is 37.3 Å². The molecule has 7 heteroatoms. The summed E-state index contributed by atoms with van der Waals surface area (Å²) in [4.78, 5) is 21.8. The molecule has 6 nitrogen and oxygen atoms in total. The third-order valence-electron chi connectivity index (χ3n) is 4.03. The van der Waals surface area contributed by atoms with E-state index in [2.05, 4.69) is 21.4 Å². The van der Waals surface area contributed by atoms with E-state index in [1.165, 1.54) is 5.56 Å². The molecule has 0 unspecified atom stereocenters. The fourth-order valence-electron chi connectivity index (χ4n) is 2.47. The highest BCUT2D eigenvalue weighted by atomic mass is 32.2. The summed E-state index contributed by atoms with van der Waals surface area (Å²) in [5, 5.41) is 2.91. The van der Waals surface area contributed by atoms with Crippen LogP contribution in [0.5, 0.6) is 5.88 Å². The molecule has 3 rings (SSSR count). The Labute approximate surface area is 174 Å². The maximum Gasteiger partial charge on any atom is 0.251 e. The maximum absolute atomic E-state index is 12.4. The minimum atomic E-state index is -0.116. The summed E-state index contributed by atoms with van der Waals surface area (Å²) >= 11 is 1.71. The van der Waals surface area contributed by atoms with Crippen LogP contribution < -0.4 is 10.1 Å². The van der Waals surface area contributed by atoms with Crippen LogP contribution in [0.25, 0.3) is 0 Å². The summed E-state index contributed by atoms with van der Waals surface area (Å²) in [6.45, 7) is 1.37. The third kappa shape index (κ3) is 6.89. The number of nitrogens with zero attached hydrogens (tertiary/aromatic N) is 2. The highest BCUT2D eigenvalue weighted by Crippen LogP contribution is 2.22. The van der Waals surface area contributed by atoms with Crippen LogP contribution in [0.15, 0.2) is 72.0 Å². The molecule has 0 aliphatic rings. The van der Waals surface area contributed by atoms with E-state index in [0.717, 1.165) is 16.2 Å². The lowest BCUT2D eigenvalue weighted by atomic mass is 10.2. The zero-order chi connectivity index (χ0) is 20.3. The van der Waals surface area contributed by atoms with Gasteiger partial charge >= 0.3 is 0 Å². The lowest BCUT2D eigenvalue weighted by Crippen LogP contribution is -2.22. The fraction of sp³-hybridized carbons (Fsp3) is 0.227. The Bertz CT molecular complexity index is 887. The Balaban J connectivity index is 1.45. The van der Waals surface area contributed by atoms with Crippen LogP contribution >= 0.6 is 11.8 Å². The van der Waals surface area contributed by atoms with Gasteiger partial charge in [0, 0.05) is 54.5 Å². The Morgan fingerprint density at radius 2 is 1.90 bits per heavy atom. The predicted octanol–water partition coefficient (Wildman–Crippen LogP) is 3.72. The Kier molecular flexibility index (Phi) is 8.03. The SMILES string of the molecule is COCCOc1ccc(CNC(=O)c2ccc(SCc3cccnc3)cc2)cn1. The van der Waals surface area contributed by atoms with Crippen LogP contribution in [-0.2, 0) is 17.0 Å². The summed E-state index contributed by atoms with van der Waals surface area (Å²) in [5.41, 5.74) is 2.70. The van der Waals surface area contributed by atoms with E-state index < -0.39 is 0 Å². The van der Waals surface area contributed by atoms with Gasteiger partial charge in [0.15, 0.2) is 0 Å². The van der Waals surface area contributed by atoms with Gasteiger partial charge in [0.2, 0.25) is 5.88 Å². The molecular formula is C22H23N3O3S. The topological polar surface area (TPSA) is 73.3 Å². The number of carbonyl (C=O) groups is 1. The number of amides is 1. The molecule has 0 atom stereocenters. The van der Waals surface area contributed by atoms with Crippen molar-refractivity contribution in [1.29, 1.82) is 0 Å². The molecule has 1 amide bonds. The highest BCUT2D eigenvalue weighted by Gasteiger charge is 2.06. The van der Waals surface area contributed by atoms with Crippen LogP contribution in [-0.4, -0.2) is 36.2 Å². The molecule has 0 aliphatic carbocycles. The number of nitrogens with one attached hydrogen (secondary N) is 1. The van der Waals surface area contributed by atoms with E-state index >= 15 is 0 Å². The van der Waals surface area contributed by atoms with Gasteiger partial charge in [-0.2, -0.15) is 0 Å². The summed E-state index contributed by atoms with van der Waals surface area (Å²) < 4.78 is 10.4. The largest absolute Gasteiger partial charge is 0.475 e. The van der Waals surface area contributed by atoms with Crippen LogP contribution in [0, 0.1) is 0 Å². The zero-order valence-electron chi connectivity index (χ0n) is 16.2. The van der Waals surface area contributed by atoms with Crippen molar-refractivity contribution < 1.29 is 14.3 Å². The average molecular weight is 410 g/mol. The van der Waals surface area contributed by atoms with Gasteiger partial charge in [0.1, 0.15) is 6.61 Å². The molecule has 0 saturated heterocycles. The lowest BCUT2D eigenvalue weighted by molar-refractivity contribution is 0.0951. The maximum atomic E-state index is 12.4. The van der Waals surface area contributed by atoms with E-state index in [4.69, 9.17) is 9.47 Å². The van der Waals surface area contributed by atoms with Crippen molar-refractivity contribution >= 4 is 17.7 Å². The minimum Gasteiger partial charge on any atom is -0.475 e. The van der Waals surface area contributed by atoms with Crippen molar-refractivity contribution in [2.24, 2.45) is 0 Å². The first-order valence-corrected chi connectivity index (χ1v) is 10.2. The number of methoxy groups -OCH3 is 1. The second kappa shape index (κ2) is 11.2. The van der Waals surface area contributed by atoms with Gasteiger partial charge in [0.05, 0.1) is 6.61 Å². The molecule has 0 saturated carbocycles. The molecular weight excluding hydrogens is 386 g/mol. The smallest absolute Gasteiger partial charge is 0.251 e. The number of thioether (sulfide) groups is 1. The standard InChI is InChI=1S/C22H23N3O3S/c1-27-11-12-28-21-9-4-17(14-24-21)15-25-22(26)19-5-7-20(8-6-19)29-16-18-3-2-10-23-13-18/h2-10,13-14H,11-12,15-16H2,1H3,(H,25,26). The predicted molar refractivity (Wildman–Crippen MR) is 113 cm³/mol. The number of rotatable bonds is 10. The van der Waals surface area contributed by atoms with Crippen molar-refractivity contribution in [2.45, 2.75) is 17.2 Å². The zero-order valence-corrected chi connectivity index (χ0v) is 17.0. The third-order valence-corrected chi connectivity index (χ3v) is 5.12. The second-order valence-corrected chi connectivity index (χ2v) is 7.25. The monoisotopic (exact) mass is 409 g/mol. The molecule has 0 bridgehead atoms. The normalized spacial score (nSPS) is 10.5. The molecule has 0 aliphatic heterocycles. The number of hydrogen-bond acceptors (Lipinski definition) is 6. The first-order valence-electron chi connectivity index (χ1n) is 9.21. The van der Waals surface area contributed by atoms with Crippen LogP contribution in [0.3, 0.4) is 0 Å². The van der Waals surface area contributed by atoms with Crippen LogP contribution in [0.2, 0.25) is 0 Å². The van der Waals surface area contributed by atoms with E-state index in [0.29, 0.717) is 31.2 Å². The summed E-state index contributed by atoms with van der Waals surface area (Å²) in [7, 11) is 1.62. The molecule has 3 aromatic rings. The average Bonchev–Trinajstić information content (AvgIpc) is 2.78. The summed E-state index contributed by atoms with van der Waals surface area (Å²) in [5.74, 6) is 1.27. The van der Waals surface area contributed by atoms with Crippen molar-refractivity contribution in [3.63, 3.8) is 0 Å². The molecule has 150 valence electrons. The number of aromatic nitrogens is 2. The molecule has 0 spiro atoms. The Morgan fingerprint density at radius 3 is 2.59 bits per heavy atom. The molecule has 1 aromatic carbocycles. The van der Waals surface area contributed by atoms with Gasteiger partial charge in [0.25, 0.3) is 5.91 Å². The number of benzene rings is 1. The Hall–Kier alpha value is -2.90. The molecule has 2 aromatic heterocycles. The lowest BCUT2D eigenvalue weighted by Gasteiger charge is -2.08. The number of ether oxygens (including phenoxy) is 2. The van der Waals surface area contributed by atoms with Crippen LogP contribution in [0.4, 0.5) is 0 Å². The highest BCUT2D eigenvalue weighted by molar-refractivity contribution is 7.98. The summed E-state index contributed by atoms with van der Waals surface area (Å²) in [6, 6.07) is 15.2. The van der Waals surface area contributed by atoms with Gasteiger partial charge < -0.3 is 14.8 Å². The molecule has 0 fully saturated rings.